The minimum absolute atomic E-state index is 0.00851. The Morgan fingerprint density at radius 3 is 2.90 bits per heavy atom. The normalized spacial score (nSPS) is 23.3. The fourth-order valence-electron chi connectivity index (χ4n) is 4.06. The molecule has 4 rings (SSSR count). The van der Waals surface area contributed by atoms with Gasteiger partial charge in [0.05, 0.1) is 19.1 Å². The van der Waals surface area contributed by atoms with Crippen LogP contribution in [0.15, 0.2) is 42.5 Å². The van der Waals surface area contributed by atoms with E-state index in [1.165, 1.54) is 6.07 Å². The van der Waals surface area contributed by atoms with E-state index in [9.17, 15) is 9.18 Å². The number of fused-ring (bicyclic) bond motifs is 3. The van der Waals surface area contributed by atoms with Crippen LogP contribution in [-0.2, 0) is 16.1 Å². The van der Waals surface area contributed by atoms with Crippen LogP contribution in [0.3, 0.4) is 0 Å². The van der Waals surface area contributed by atoms with E-state index in [0.29, 0.717) is 38.5 Å². The number of rotatable bonds is 1. The smallest absolute Gasteiger partial charge is 0.224 e. The van der Waals surface area contributed by atoms with E-state index in [2.05, 4.69) is 10.2 Å². The van der Waals surface area contributed by atoms with Gasteiger partial charge in [-0.3, -0.25) is 9.69 Å². The summed E-state index contributed by atoms with van der Waals surface area (Å²) in [7, 11) is 0. The summed E-state index contributed by atoms with van der Waals surface area (Å²) in [5.74, 6) is 0.646. The van der Waals surface area contributed by atoms with Gasteiger partial charge >= 0.3 is 0 Å². The van der Waals surface area contributed by atoms with Crippen molar-refractivity contribution in [3.63, 3.8) is 0 Å². The van der Waals surface area contributed by atoms with Crippen molar-refractivity contribution in [3.05, 3.63) is 53.8 Å². The molecular formula is C23H27FN2O3. The molecule has 2 atom stereocenters. The predicted molar refractivity (Wildman–Crippen MR) is 109 cm³/mol. The van der Waals surface area contributed by atoms with E-state index < -0.39 is 0 Å². The maximum Gasteiger partial charge on any atom is 0.224 e. The number of nitrogens with zero attached hydrogens (tertiary/aromatic N) is 1. The zero-order chi connectivity index (χ0) is 20.1. The first-order valence-electron chi connectivity index (χ1n) is 10.3. The van der Waals surface area contributed by atoms with Gasteiger partial charge in [0.2, 0.25) is 5.91 Å². The molecule has 1 fully saturated rings. The highest BCUT2D eigenvalue weighted by Gasteiger charge is 2.26. The van der Waals surface area contributed by atoms with Crippen LogP contribution in [-0.4, -0.2) is 50.3 Å². The van der Waals surface area contributed by atoms with Crippen molar-refractivity contribution in [2.45, 2.75) is 19.4 Å². The van der Waals surface area contributed by atoms with Gasteiger partial charge in [0.1, 0.15) is 18.2 Å². The van der Waals surface area contributed by atoms with Gasteiger partial charge < -0.3 is 14.8 Å². The van der Waals surface area contributed by atoms with Gasteiger partial charge in [0, 0.05) is 30.8 Å². The quantitative estimate of drug-likeness (QED) is 0.801. The van der Waals surface area contributed by atoms with Gasteiger partial charge in [-0.25, -0.2) is 4.39 Å². The molecule has 2 bridgehead atoms. The number of amides is 1. The molecule has 2 heterocycles. The minimum Gasteiger partial charge on any atom is -0.491 e. The molecule has 0 saturated carbocycles. The maximum absolute atomic E-state index is 14.3. The van der Waals surface area contributed by atoms with Crippen LogP contribution in [0.1, 0.15) is 18.4 Å². The van der Waals surface area contributed by atoms with Crippen molar-refractivity contribution < 1.29 is 18.7 Å². The third-order valence-electron chi connectivity index (χ3n) is 5.55. The summed E-state index contributed by atoms with van der Waals surface area (Å²) < 4.78 is 25.8. The molecule has 2 aliphatic rings. The molecule has 0 spiro atoms. The van der Waals surface area contributed by atoms with Crippen LogP contribution >= 0.6 is 0 Å². The number of piperidine rings is 1. The topological polar surface area (TPSA) is 50.8 Å². The fraction of sp³-hybridized carbons (Fsp3) is 0.435. The minimum atomic E-state index is -0.239. The summed E-state index contributed by atoms with van der Waals surface area (Å²) >= 11 is 0. The lowest BCUT2D eigenvalue weighted by molar-refractivity contribution is -0.127. The van der Waals surface area contributed by atoms with E-state index in [1.54, 1.807) is 12.1 Å². The molecule has 6 heteroatoms. The summed E-state index contributed by atoms with van der Waals surface area (Å²) in [5, 5.41) is 2.97. The molecule has 154 valence electrons. The maximum atomic E-state index is 14.3. The number of nitrogens with one attached hydrogen (secondary N) is 1. The molecule has 2 aromatic carbocycles. The Kier molecular flexibility index (Phi) is 6.42. The highest BCUT2D eigenvalue weighted by atomic mass is 19.1. The summed E-state index contributed by atoms with van der Waals surface area (Å²) in [6.07, 6.45) is 1.89. The first-order valence-corrected chi connectivity index (χ1v) is 10.3. The monoisotopic (exact) mass is 398 g/mol. The molecule has 1 amide bonds. The van der Waals surface area contributed by atoms with Gasteiger partial charge in [-0.1, -0.05) is 24.3 Å². The largest absolute Gasteiger partial charge is 0.491 e. The number of carbonyl (C=O) groups excluding carboxylic acids is 1. The first-order chi connectivity index (χ1) is 14.2. The summed E-state index contributed by atoms with van der Waals surface area (Å²) in [6.45, 7) is 4.22. The van der Waals surface area contributed by atoms with E-state index in [-0.39, 0.29) is 17.6 Å². The molecule has 1 N–H and O–H groups in total. The molecule has 0 aliphatic carbocycles. The lowest BCUT2D eigenvalue weighted by Crippen LogP contribution is -2.43. The number of ether oxygens (including phenoxy) is 2. The van der Waals surface area contributed by atoms with Gasteiger partial charge in [0.25, 0.3) is 0 Å². The molecule has 2 unspecified atom stereocenters. The van der Waals surface area contributed by atoms with Crippen LogP contribution in [0.25, 0.3) is 11.1 Å². The van der Waals surface area contributed by atoms with Crippen molar-refractivity contribution in [3.8, 4) is 16.9 Å². The average Bonchev–Trinajstić information content (AvgIpc) is 2.74. The summed E-state index contributed by atoms with van der Waals surface area (Å²) in [6, 6.07) is 12.6. The van der Waals surface area contributed by atoms with Gasteiger partial charge in [-0.05, 0) is 43.1 Å². The van der Waals surface area contributed by atoms with Gasteiger partial charge in [-0.2, -0.15) is 0 Å². The van der Waals surface area contributed by atoms with Crippen LogP contribution < -0.4 is 10.1 Å². The average molecular weight is 398 g/mol. The Labute approximate surface area is 170 Å². The second-order valence-corrected chi connectivity index (χ2v) is 7.63. The molecule has 0 aromatic heterocycles. The zero-order valence-electron chi connectivity index (χ0n) is 16.5. The number of halogens is 1. The van der Waals surface area contributed by atoms with Crippen LogP contribution in [0.4, 0.5) is 4.39 Å². The van der Waals surface area contributed by atoms with Crippen LogP contribution in [0.5, 0.6) is 5.75 Å². The Morgan fingerprint density at radius 2 is 2.00 bits per heavy atom. The highest BCUT2D eigenvalue weighted by Crippen LogP contribution is 2.30. The number of hydrogen-bond acceptors (Lipinski definition) is 4. The lowest BCUT2D eigenvalue weighted by atomic mass is 9.96. The van der Waals surface area contributed by atoms with E-state index in [0.717, 1.165) is 42.8 Å². The Morgan fingerprint density at radius 1 is 1.10 bits per heavy atom. The summed E-state index contributed by atoms with van der Waals surface area (Å²) in [4.78, 5) is 14.8. The number of benzene rings is 2. The number of hydrogen-bond donors (Lipinski definition) is 1. The van der Waals surface area contributed by atoms with Crippen molar-refractivity contribution in [2.75, 3.05) is 39.5 Å². The summed E-state index contributed by atoms with van der Waals surface area (Å²) in [5.41, 5.74) is 2.41. The molecule has 29 heavy (non-hydrogen) atoms. The Bertz CT molecular complexity index is 858. The van der Waals surface area contributed by atoms with Crippen molar-refractivity contribution in [2.24, 2.45) is 5.92 Å². The zero-order valence-corrected chi connectivity index (χ0v) is 16.5. The molecule has 0 radical (unpaired) electrons. The first kappa shape index (κ1) is 19.9. The van der Waals surface area contributed by atoms with Gasteiger partial charge in [-0.15, -0.1) is 0 Å². The molecule has 5 nitrogen and oxygen atoms in total. The standard InChI is InChI=1S/C23H27FN2O3/c24-21-6-2-1-5-20(21)17-7-8-22-19(14-17)16-26-10-3-4-18(15-26)23(27)25-9-11-28-12-13-29-22/h1-2,5-8,14,18H,3-4,9-13,15-16H2,(H,25,27). The second-order valence-electron chi connectivity index (χ2n) is 7.63. The van der Waals surface area contributed by atoms with E-state index >= 15 is 0 Å². The third kappa shape index (κ3) is 4.95. The second kappa shape index (κ2) is 9.37. The van der Waals surface area contributed by atoms with Gasteiger partial charge in [0.15, 0.2) is 0 Å². The lowest BCUT2D eigenvalue weighted by Gasteiger charge is -2.32. The van der Waals surface area contributed by atoms with Crippen LogP contribution in [0, 0.1) is 11.7 Å². The highest BCUT2D eigenvalue weighted by molar-refractivity contribution is 5.79. The van der Waals surface area contributed by atoms with E-state index in [4.69, 9.17) is 9.47 Å². The molecule has 2 aromatic rings. The number of carbonyl (C=O) groups is 1. The SMILES string of the molecule is O=C1NCCOCCOc2ccc(-c3ccccc3F)cc2CN2CCCC1C2. The van der Waals surface area contributed by atoms with E-state index in [1.807, 2.05) is 24.3 Å². The Hall–Kier alpha value is -2.44. The fourth-order valence-corrected chi connectivity index (χ4v) is 4.06. The predicted octanol–water partition coefficient (Wildman–Crippen LogP) is 3.23. The van der Waals surface area contributed by atoms with Crippen molar-refractivity contribution in [1.82, 2.24) is 10.2 Å². The Balaban J connectivity index is 1.63. The van der Waals surface area contributed by atoms with Crippen molar-refractivity contribution >= 4 is 5.91 Å². The molecular weight excluding hydrogens is 371 g/mol. The molecule has 2 aliphatic heterocycles. The van der Waals surface area contributed by atoms with Crippen LogP contribution in [0.2, 0.25) is 0 Å². The third-order valence-corrected chi connectivity index (χ3v) is 5.55. The van der Waals surface area contributed by atoms with Crippen molar-refractivity contribution in [1.29, 1.82) is 0 Å². The molecule has 1 saturated heterocycles.